The molecule has 0 aromatic rings. The summed E-state index contributed by atoms with van der Waals surface area (Å²) in [6.07, 6.45) is 27.5. The van der Waals surface area contributed by atoms with Gasteiger partial charge in [-0.1, -0.05) is 143 Å². The van der Waals surface area contributed by atoms with Gasteiger partial charge in [0.1, 0.15) is 0 Å². The minimum absolute atomic E-state index is 0. The average molecular weight is 517 g/mol. The first-order valence-electron chi connectivity index (χ1n) is 12.9. The zero-order valence-electron chi connectivity index (χ0n) is 21.8. The molecule has 0 aliphatic heterocycles. The van der Waals surface area contributed by atoms with Crippen molar-refractivity contribution in [2.75, 3.05) is 0 Å². The monoisotopic (exact) mass is 515 g/mol. The van der Waals surface area contributed by atoms with Gasteiger partial charge in [-0.15, -0.1) is 0 Å². The molecule has 2 saturated carbocycles. The summed E-state index contributed by atoms with van der Waals surface area (Å²) in [4.78, 5) is 9.49. The van der Waals surface area contributed by atoms with E-state index in [9.17, 15) is 4.80 Å². The molecule has 2 aliphatic rings. The van der Waals surface area contributed by atoms with Gasteiger partial charge in [0.2, 0.25) is 0 Å². The number of unbranched alkanes of at least 4 members (excludes halogenated alkanes) is 7. The second kappa shape index (κ2) is 24.4. The maximum atomic E-state index is 9.49. The number of allylic oxidation sites excluding steroid dienone is 1. The summed E-state index contributed by atoms with van der Waals surface area (Å²) in [7, 11) is -1.86. The Morgan fingerprint density at radius 1 is 0.700 bits per heavy atom. The molecule has 0 amide bonds. The molecule has 1 radical (unpaired) electrons. The molecular formula is C27H57OSiZr+2. The van der Waals surface area contributed by atoms with E-state index >= 15 is 0 Å². The summed E-state index contributed by atoms with van der Waals surface area (Å²) in [5, 5.41) is 0.132. The summed E-state index contributed by atoms with van der Waals surface area (Å²) in [6.45, 7) is 17.7. The van der Waals surface area contributed by atoms with Crippen LogP contribution >= 0.6 is 0 Å². The van der Waals surface area contributed by atoms with Crippen LogP contribution in [0.15, 0.2) is 6.08 Å². The predicted octanol–water partition coefficient (Wildman–Crippen LogP) is 10.00. The largest absolute Gasteiger partial charge is 3.00 e. The molecule has 0 spiro atoms. The van der Waals surface area contributed by atoms with Gasteiger partial charge in [0.05, 0.1) is 0 Å². The Kier molecular flexibility index (Phi) is 28.8. The second-order valence-corrected chi connectivity index (χ2v) is 15.1. The minimum atomic E-state index is -1.86. The van der Waals surface area contributed by atoms with Crippen LogP contribution < -0.4 is 0 Å². The maximum absolute atomic E-state index is 9.49. The van der Waals surface area contributed by atoms with Crippen LogP contribution in [0, 0.1) is 6.58 Å². The number of hydrogen-bond acceptors (Lipinski definition) is 1. The van der Waals surface area contributed by atoms with E-state index in [-0.39, 0.29) is 31.2 Å². The molecule has 30 heavy (non-hydrogen) atoms. The fourth-order valence-corrected chi connectivity index (χ4v) is 2.99. The van der Waals surface area contributed by atoms with Gasteiger partial charge in [0, 0.05) is 0 Å². The Morgan fingerprint density at radius 2 is 0.967 bits per heavy atom. The molecule has 0 saturated heterocycles. The van der Waals surface area contributed by atoms with E-state index in [1.165, 1.54) is 109 Å². The maximum Gasteiger partial charge on any atom is 3.00 e. The van der Waals surface area contributed by atoms with E-state index in [4.69, 9.17) is 6.58 Å². The predicted molar refractivity (Wildman–Crippen MR) is 137 cm³/mol. The Hall–Kier alpha value is 0.800. The van der Waals surface area contributed by atoms with Crippen LogP contribution in [0.1, 0.15) is 143 Å². The fraction of sp³-hybridized carbons (Fsp3) is 0.926. The Balaban J connectivity index is -0.000000336. The third-order valence-electron chi connectivity index (χ3n) is 6.31. The van der Waals surface area contributed by atoms with Crippen LogP contribution in [0.3, 0.4) is 0 Å². The molecule has 1 nitrogen and oxygen atoms in total. The van der Waals surface area contributed by atoms with Gasteiger partial charge < -0.3 is 11.4 Å². The molecule has 2 aliphatic carbocycles. The van der Waals surface area contributed by atoms with Gasteiger partial charge in [-0.2, -0.15) is 0 Å². The van der Waals surface area contributed by atoms with Crippen LogP contribution in [-0.2, 0) is 26.2 Å². The second-order valence-electron chi connectivity index (χ2n) is 10.5. The first-order chi connectivity index (χ1) is 13.7. The zero-order chi connectivity index (χ0) is 22.4. The quantitative estimate of drug-likeness (QED) is 0.193. The topological polar surface area (TPSA) is 20.2 Å². The van der Waals surface area contributed by atoms with Crippen molar-refractivity contribution < 1.29 is 31.0 Å². The summed E-state index contributed by atoms with van der Waals surface area (Å²) in [5.41, 5.74) is 0. The summed E-state index contributed by atoms with van der Waals surface area (Å²) in [6, 6.07) is 0. The molecule has 0 atom stereocenters. The molecular weight excluding hydrogens is 460 g/mol. The molecule has 2 rings (SSSR count). The van der Waals surface area contributed by atoms with Crippen molar-refractivity contribution >= 4 is 8.32 Å². The first-order valence-corrected chi connectivity index (χ1v) is 15.9. The Morgan fingerprint density at radius 3 is 1.20 bits per heavy atom. The first kappa shape index (κ1) is 35.4. The summed E-state index contributed by atoms with van der Waals surface area (Å²) in [5.74, 6) is 0. The minimum Gasteiger partial charge on any atom is -0.518 e. The molecule has 177 valence electrons. The van der Waals surface area contributed by atoms with Crippen LogP contribution in [0.5, 0.6) is 0 Å². The van der Waals surface area contributed by atoms with E-state index in [0.29, 0.717) is 0 Å². The van der Waals surface area contributed by atoms with Crippen LogP contribution in [-0.4, -0.2) is 13.1 Å². The van der Waals surface area contributed by atoms with Crippen molar-refractivity contribution in [3.8, 4) is 0 Å². The van der Waals surface area contributed by atoms with E-state index in [2.05, 4.69) is 27.7 Å². The molecule has 0 heterocycles. The van der Waals surface area contributed by atoms with Gasteiger partial charge in [-0.25, -0.2) is 0 Å². The normalized spacial score (nSPS) is 15.4. The molecule has 0 aromatic heterocycles. The molecule has 0 aromatic carbocycles. The molecule has 1 N–H and O–H groups in total. The van der Waals surface area contributed by atoms with Crippen molar-refractivity contribution in [1.29, 1.82) is 0 Å². The van der Waals surface area contributed by atoms with Crippen molar-refractivity contribution in [2.45, 2.75) is 161 Å². The number of rotatable bonds is 8. The SMILES string of the molecule is C1CCCC1.C1CCCC1.CC(C)(C)[Si](C)(C)O.[CH-]=CCCCCCCCCC.[Zr+3]. The smallest absolute Gasteiger partial charge is 0.518 e. The third-order valence-corrected chi connectivity index (χ3v) is 9.98. The molecule has 0 unspecified atom stereocenters. The summed E-state index contributed by atoms with van der Waals surface area (Å²) < 4.78 is 0. The molecule has 3 heteroatoms. The van der Waals surface area contributed by atoms with Crippen molar-refractivity contribution in [3.05, 3.63) is 12.7 Å². The van der Waals surface area contributed by atoms with Gasteiger partial charge in [0.15, 0.2) is 8.32 Å². The zero-order valence-corrected chi connectivity index (χ0v) is 25.3. The van der Waals surface area contributed by atoms with Crippen molar-refractivity contribution in [2.24, 2.45) is 0 Å². The van der Waals surface area contributed by atoms with E-state index < -0.39 is 8.32 Å². The van der Waals surface area contributed by atoms with E-state index in [1.807, 2.05) is 13.1 Å². The van der Waals surface area contributed by atoms with Crippen LogP contribution in [0.25, 0.3) is 0 Å². The van der Waals surface area contributed by atoms with Crippen LogP contribution in [0.4, 0.5) is 0 Å². The van der Waals surface area contributed by atoms with E-state index in [1.54, 1.807) is 6.08 Å². The van der Waals surface area contributed by atoms with Gasteiger partial charge in [0.25, 0.3) is 0 Å². The van der Waals surface area contributed by atoms with Gasteiger partial charge in [-0.05, 0) is 18.1 Å². The Bertz CT molecular complexity index is 286. The van der Waals surface area contributed by atoms with Crippen LogP contribution in [0.2, 0.25) is 18.1 Å². The number of hydrogen-bond donors (Lipinski definition) is 1. The van der Waals surface area contributed by atoms with Crippen molar-refractivity contribution in [1.82, 2.24) is 0 Å². The molecule has 0 bridgehead atoms. The van der Waals surface area contributed by atoms with Gasteiger partial charge in [-0.3, -0.25) is 6.08 Å². The van der Waals surface area contributed by atoms with Crippen molar-refractivity contribution in [3.63, 3.8) is 0 Å². The summed E-state index contributed by atoms with van der Waals surface area (Å²) >= 11 is 0. The van der Waals surface area contributed by atoms with Gasteiger partial charge >= 0.3 is 26.2 Å². The Labute approximate surface area is 212 Å². The standard InChI is InChI=1S/C11H21.C6H16OSi.2C5H10.Zr/c1-3-5-7-9-11-10-8-6-4-2;1-6(2,3)8(4,5)7;2*1-2-4-5-3-1;/h1,3H,4-11H2,2H3;7H,1-5H3;2*1-5H2;/q-1;;;;+3. The molecule has 2 fully saturated rings. The van der Waals surface area contributed by atoms with E-state index in [0.717, 1.165) is 6.42 Å². The average Bonchev–Trinajstić information content (AvgIpc) is 3.38. The fourth-order valence-electron chi connectivity index (χ4n) is 2.99. The third kappa shape index (κ3) is 28.8.